The van der Waals surface area contributed by atoms with Gasteiger partial charge in [0.2, 0.25) is 11.8 Å². The summed E-state index contributed by atoms with van der Waals surface area (Å²) in [5.74, 6) is -0.613. The predicted octanol–water partition coefficient (Wildman–Crippen LogP) is 4.91. The molecule has 11 heteroatoms. The molecule has 0 aliphatic heterocycles. The normalized spacial score (nSPS) is 11.0. The quantitative estimate of drug-likeness (QED) is 0.291. The van der Waals surface area contributed by atoms with Gasteiger partial charge in [-0.1, -0.05) is 57.5 Å². The number of nitrogens with one attached hydrogen (secondary N) is 2. The summed E-state index contributed by atoms with van der Waals surface area (Å²) in [6.45, 7) is 2.63. The summed E-state index contributed by atoms with van der Waals surface area (Å²) in [5.41, 5.74) is 0.847. The highest BCUT2D eigenvalue weighted by Gasteiger charge is 2.14. The van der Waals surface area contributed by atoms with Gasteiger partial charge in [0.05, 0.1) is 18.0 Å². The van der Waals surface area contributed by atoms with Crippen molar-refractivity contribution in [2.24, 2.45) is 0 Å². The Bertz CT molecular complexity index is 1190. The van der Waals surface area contributed by atoms with Crippen LogP contribution in [-0.4, -0.2) is 32.3 Å². The van der Waals surface area contributed by atoms with E-state index in [0.717, 1.165) is 5.56 Å². The SMILES string of the molecule is CCn1c(CNC(=O)/C=C/c2ccccc2Cl)nnc1SCC(=O)Nc1ccc(Br)cc1F. The predicted molar refractivity (Wildman–Crippen MR) is 131 cm³/mol. The Kier molecular flexibility index (Phi) is 9.04. The first-order chi connectivity index (χ1) is 15.9. The lowest BCUT2D eigenvalue weighted by atomic mass is 10.2. The minimum Gasteiger partial charge on any atom is -0.345 e. The first-order valence-corrected chi connectivity index (χ1v) is 12.0. The van der Waals surface area contributed by atoms with E-state index in [1.807, 2.05) is 25.1 Å². The van der Waals surface area contributed by atoms with Crippen molar-refractivity contribution < 1.29 is 14.0 Å². The van der Waals surface area contributed by atoms with E-state index in [1.54, 1.807) is 22.8 Å². The number of thioether (sulfide) groups is 1. The van der Waals surface area contributed by atoms with Gasteiger partial charge in [-0.15, -0.1) is 10.2 Å². The van der Waals surface area contributed by atoms with Gasteiger partial charge in [0.15, 0.2) is 11.0 Å². The zero-order chi connectivity index (χ0) is 23.8. The van der Waals surface area contributed by atoms with Crippen LogP contribution in [0.2, 0.25) is 5.02 Å². The first-order valence-electron chi connectivity index (χ1n) is 9.87. The molecule has 0 unspecified atom stereocenters. The largest absolute Gasteiger partial charge is 0.345 e. The second-order valence-electron chi connectivity index (χ2n) is 6.68. The summed E-state index contributed by atoms with van der Waals surface area (Å²) in [7, 11) is 0. The minimum atomic E-state index is -0.527. The van der Waals surface area contributed by atoms with Crippen LogP contribution in [0.15, 0.2) is 58.2 Å². The van der Waals surface area contributed by atoms with Crippen molar-refractivity contribution in [3.05, 3.63) is 75.2 Å². The molecule has 0 bridgehead atoms. The van der Waals surface area contributed by atoms with Crippen LogP contribution in [-0.2, 0) is 22.7 Å². The summed E-state index contributed by atoms with van der Waals surface area (Å²) in [6.07, 6.45) is 3.03. The first kappa shape index (κ1) is 24.9. The monoisotopic (exact) mass is 551 g/mol. The Labute approximate surface area is 207 Å². The van der Waals surface area contributed by atoms with E-state index < -0.39 is 5.82 Å². The highest BCUT2D eigenvalue weighted by Crippen LogP contribution is 2.21. The fraction of sp³-hybridized carbons (Fsp3) is 0.182. The molecule has 0 fully saturated rings. The molecule has 7 nitrogen and oxygen atoms in total. The van der Waals surface area contributed by atoms with Crippen molar-refractivity contribution in [2.45, 2.75) is 25.2 Å². The number of benzene rings is 2. The summed E-state index contributed by atoms with van der Waals surface area (Å²) in [4.78, 5) is 24.4. The fourth-order valence-electron chi connectivity index (χ4n) is 2.78. The van der Waals surface area contributed by atoms with Crippen molar-refractivity contribution in [3.63, 3.8) is 0 Å². The zero-order valence-corrected chi connectivity index (χ0v) is 20.7. The van der Waals surface area contributed by atoms with Crippen LogP contribution in [0.3, 0.4) is 0 Å². The topological polar surface area (TPSA) is 88.9 Å². The molecule has 0 aliphatic carbocycles. The molecule has 0 atom stereocenters. The van der Waals surface area contributed by atoms with Crippen LogP contribution in [0.5, 0.6) is 0 Å². The number of anilines is 1. The lowest BCUT2D eigenvalue weighted by molar-refractivity contribution is -0.116. The second kappa shape index (κ2) is 12.0. The number of carbonyl (C=O) groups is 2. The molecule has 1 heterocycles. The number of rotatable bonds is 9. The minimum absolute atomic E-state index is 0.0283. The average Bonchev–Trinajstić information content (AvgIpc) is 3.19. The fourth-order valence-corrected chi connectivity index (χ4v) is 4.14. The van der Waals surface area contributed by atoms with Crippen LogP contribution in [0.25, 0.3) is 6.08 Å². The highest BCUT2D eigenvalue weighted by atomic mass is 79.9. The van der Waals surface area contributed by atoms with E-state index in [9.17, 15) is 14.0 Å². The van der Waals surface area contributed by atoms with E-state index >= 15 is 0 Å². The number of amides is 2. The van der Waals surface area contributed by atoms with Crippen LogP contribution >= 0.6 is 39.3 Å². The Hall–Kier alpha value is -2.69. The van der Waals surface area contributed by atoms with Gasteiger partial charge in [-0.05, 0) is 42.8 Å². The number of nitrogens with zero attached hydrogens (tertiary/aromatic N) is 3. The maximum Gasteiger partial charge on any atom is 0.244 e. The van der Waals surface area contributed by atoms with Gasteiger partial charge in [-0.2, -0.15) is 0 Å². The Morgan fingerprint density at radius 1 is 1.24 bits per heavy atom. The van der Waals surface area contributed by atoms with E-state index in [2.05, 4.69) is 36.8 Å². The number of aromatic nitrogens is 3. The number of hydrogen-bond donors (Lipinski definition) is 2. The van der Waals surface area contributed by atoms with Crippen molar-refractivity contribution in [2.75, 3.05) is 11.1 Å². The molecule has 0 saturated carbocycles. The Morgan fingerprint density at radius 3 is 2.76 bits per heavy atom. The molecule has 2 aromatic carbocycles. The van der Waals surface area contributed by atoms with Crippen LogP contribution < -0.4 is 10.6 Å². The summed E-state index contributed by atoms with van der Waals surface area (Å²) < 4.78 is 16.3. The van der Waals surface area contributed by atoms with Crippen LogP contribution in [0.1, 0.15) is 18.3 Å². The van der Waals surface area contributed by atoms with Gasteiger partial charge < -0.3 is 15.2 Å². The van der Waals surface area contributed by atoms with Crippen molar-refractivity contribution in [3.8, 4) is 0 Å². The number of halogens is 3. The maximum atomic E-state index is 13.9. The van der Waals surface area contributed by atoms with E-state index in [1.165, 1.54) is 30.0 Å². The van der Waals surface area contributed by atoms with Crippen LogP contribution in [0.4, 0.5) is 10.1 Å². The van der Waals surface area contributed by atoms with Gasteiger partial charge >= 0.3 is 0 Å². The van der Waals surface area contributed by atoms with Crippen molar-refractivity contribution >= 4 is 62.9 Å². The molecule has 1 aromatic heterocycles. The second-order valence-corrected chi connectivity index (χ2v) is 8.94. The lowest BCUT2D eigenvalue weighted by Gasteiger charge is -2.08. The standard InChI is InChI=1S/C22H20BrClFN5O2S/c1-2-30-19(12-26-20(31)10-7-14-5-3-4-6-16(14)24)28-29-22(30)33-13-21(32)27-18-9-8-15(23)11-17(18)25/h3-11H,2,12-13H2,1H3,(H,26,31)(H,27,32)/b10-7+. The van der Waals surface area contributed by atoms with Gasteiger partial charge in [0, 0.05) is 22.1 Å². The van der Waals surface area contributed by atoms with Gasteiger partial charge in [-0.25, -0.2) is 4.39 Å². The van der Waals surface area contributed by atoms with E-state index in [0.29, 0.717) is 27.0 Å². The van der Waals surface area contributed by atoms with Crippen LogP contribution in [0, 0.1) is 5.82 Å². The van der Waals surface area contributed by atoms with E-state index in [-0.39, 0.29) is 29.8 Å². The molecule has 172 valence electrons. The van der Waals surface area contributed by atoms with Gasteiger partial charge in [-0.3, -0.25) is 9.59 Å². The van der Waals surface area contributed by atoms with Crippen molar-refractivity contribution in [1.82, 2.24) is 20.1 Å². The molecule has 33 heavy (non-hydrogen) atoms. The third-order valence-electron chi connectivity index (χ3n) is 4.39. The molecule has 0 spiro atoms. The highest BCUT2D eigenvalue weighted by molar-refractivity contribution is 9.10. The lowest BCUT2D eigenvalue weighted by Crippen LogP contribution is -2.22. The van der Waals surface area contributed by atoms with E-state index in [4.69, 9.17) is 11.6 Å². The molecule has 2 amide bonds. The molecule has 3 rings (SSSR count). The molecular formula is C22H20BrClFN5O2S. The van der Waals surface area contributed by atoms with Gasteiger partial charge in [0.25, 0.3) is 0 Å². The zero-order valence-electron chi connectivity index (χ0n) is 17.5. The Balaban J connectivity index is 1.54. The average molecular weight is 553 g/mol. The third-order valence-corrected chi connectivity index (χ3v) is 6.19. The maximum absolute atomic E-state index is 13.9. The molecule has 2 N–H and O–H groups in total. The Morgan fingerprint density at radius 2 is 2.03 bits per heavy atom. The smallest absolute Gasteiger partial charge is 0.244 e. The van der Waals surface area contributed by atoms with Crippen molar-refractivity contribution in [1.29, 1.82) is 0 Å². The summed E-state index contributed by atoms with van der Waals surface area (Å²) in [6, 6.07) is 11.6. The molecule has 3 aromatic rings. The third kappa shape index (κ3) is 7.15. The number of hydrogen-bond acceptors (Lipinski definition) is 5. The molecule has 0 saturated heterocycles. The summed E-state index contributed by atoms with van der Waals surface area (Å²) >= 11 is 10.4. The van der Waals surface area contributed by atoms with Gasteiger partial charge in [0.1, 0.15) is 5.82 Å². The molecule has 0 radical (unpaired) electrons. The summed E-state index contributed by atoms with van der Waals surface area (Å²) in [5, 5.41) is 14.6. The molecular weight excluding hydrogens is 533 g/mol. The molecule has 0 aliphatic rings. The number of carbonyl (C=O) groups excluding carboxylic acids is 2.